The molecule has 0 aliphatic rings. The molecule has 0 saturated heterocycles. The van der Waals surface area contributed by atoms with Gasteiger partial charge in [0.15, 0.2) is 0 Å². The molecule has 0 fully saturated rings. The minimum Gasteiger partial charge on any atom is -0.320 e. The Balaban J connectivity index is 2.41. The number of benzene rings is 2. The second kappa shape index (κ2) is 5.55. The smallest absolute Gasteiger partial charge is 0.0554 e. The van der Waals surface area contributed by atoms with Gasteiger partial charge in [-0.1, -0.05) is 54.9 Å². The van der Waals surface area contributed by atoms with E-state index in [-0.39, 0.29) is 6.04 Å². The molecule has 0 spiro atoms. The lowest BCUT2D eigenvalue weighted by Crippen LogP contribution is -2.13. The number of nitrogens with two attached hydrogens (primary N) is 1. The van der Waals surface area contributed by atoms with Crippen molar-refractivity contribution in [2.45, 2.75) is 26.3 Å². The molecule has 2 heteroatoms. The van der Waals surface area contributed by atoms with Gasteiger partial charge in [0.2, 0.25) is 0 Å². The third kappa shape index (κ3) is 2.58. The SMILES string of the molecule is CCc1cccc(C(N)c2cccc(Cl)c2C)c1. The fourth-order valence-corrected chi connectivity index (χ4v) is 2.33. The van der Waals surface area contributed by atoms with E-state index in [9.17, 15) is 0 Å². The van der Waals surface area contributed by atoms with Gasteiger partial charge in [-0.25, -0.2) is 0 Å². The summed E-state index contributed by atoms with van der Waals surface area (Å²) < 4.78 is 0. The second-order valence-corrected chi connectivity index (χ2v) is 4.94. The van der Waals surface area contributed by atoms with Gasteiger partial charge in [0.25, 0.3) is 0 Å². The number of hydrogen-bond donors (Lipinski definition) is 1. The Hall–Kier alpha value is -1.31. The van der Waals surface area contributed by atoms with Gasteiger partial charge in [0.05, 0.1) is 6.04 Å². The van der Waals surface area contributed by atoms with Gasteiger partial charge >= 0.3 is 0 Å². The zero-order chi connectivity index (χ0) is 13.1. The number of aryl methyl sites for hydroxylation is 1. The quantitative estimate of drug-likeness (QED) is 0.876. The largest absolute Gasteiger partial charge is 0.320 e. The summed E-state index contributed by atoms with van der Waals surface area (Å²) in [6.07, 6.45) is 1.02. The Morgan fingerprint density at radius 3 is 2.61 bits per heavy atom. The summed E-state index contributed by atoms with van der Waals surface area (Å²) in [7, 11) is 0. The molecule has 0 aromatic heterocycles. The Bertz CT molecular complexity index is 549. The molecule has 0 saturated carbocycles. The van der Waals surface area contributed by atoms with Crippen molar-refractivity contribution in [1.82, 2.24) is 0 Å². The van der Waals surface area contributed by atoms with E-state index in [0.717, 1.165) is 28.1 Å². The van der Waals surface area contributed by atoms with Gasteiger partial charge in [-0.3, -0.25) is 0 Å². The lowest BCUT2D eigenvalue weighted by Gasteiger charge is -2.16. The van der Waals surface area contributed by atoms with E-state index in [1.807, 2.05) is 25.1 Å². The van der Waals surface area contributed by atoms with Crippen LogP contribution in [0.3, 0.4) is 0 Å². The Morgan fingerprint density at radius 2 is 1.89 bits per heavy atom. The summed E-state index contributed by atoms with van der Waals surface area (Å²) in [6, 6.07) is 14.2. The van der Waals surface area contributed by atoms with Crippen LogP contribution in [0.4, 0.5) is 0 Å². The summed E-state index contributed by atoms with van der Waals surface area (Å²) in [6.45, 7) is 4.16. The van der Waals surface area contributed by atoms with Gasteiger partial charge in [-0.05, 0) is 41.7 Å². The van der Waals surface area contributed by atoms with E-state index in [4.69, 9.17) is 17.3 Å². The molecule has 1 atom stereocenters. The van der Waals surface area contributed by atoms with E-state index in [2.05, 4.69) is 31.2 Å². The van der Waals surface area contributed by atoms with Crippen LogP contribution in [0, 0.1) is 6.92 Å². The lowest BCUT2D eigenvalue weighted by atomic mass is 9.94. The molecule has 0 amide bonds. The molecule has 0 aliphatic carbocycles. The van der Waals surface area contributed by atoms with Crippen LogP contribution in [0.15, 0.2) is 42.5 Å². The van der Waals surface area contributed by atoms with Crippen LogP contribution in [0.1, 0.15) is 35.2 Å². The van der Waals surface area contributed by atoms with Gasteiger partial charge in [-0.2, -0.15) is 0 Å². The predicted octanol–water partition coefficient (Wildman–Crippen LogP) is 4.26. The van der Waals surface area contributed by atoms with Crippen molar-refractivity contribution in [2.24, 2.45) is 5.73 Å². The number of halogens is 1. The third-order valence-electron chi connectivity index (χ3n) is 3.36. The van der Waals surface area contributed by atoms with Gasteiger partial charge in [-0.15, -0.1) is 0 Å². The zero-order valence-electron chi connectivity index (χ0n) is 10.8. The molecular formula is C16H18ClN. The van der Waals surface area contributed by atoms with Crippen molar-refractivity contribution in [1.29, 1.82) is 0 Å². The third-order valence-corrected chi connectivity index (χ3v) is 3.77. The van der Waals surface area contributed by atoms with Crippen molar-refractivity contribution in [2.75, 3.05) is 0 Å². The van der Waals surface area contributed by atoms with Crippen molar-refractivity contribution in [3.05, 3.63) is 69.7 Å². The molecule has 2 aromatic rings. The Labute approximate surface area is 114 Å². The van der Waals surface area contributed by atoms with Crippen molar-refractivity contribution < 1.29 is 0 Å². The highest BCUT2D eigenvalue weighted by Gasteiger charge is 2.12. The van der Waals surface area contributed by atoms with E-state index in [0.29, 0.717) is 0 Å². The normalized spacial score (nSPS) is 12.4. The van der Waals surface area contributed by atoms with E-state index in [1.165, 1.54) is 5.56 Å². The standard InChI is InChI=1S/C16H18ClN/c1-3-12-6-4-7-13(10-12)16(18)14-8-5-9-15(17)11(14)2/h4-10,16H,3,18H2,1-2H3. The minimum atomic E-state index is -0.116. The molecule has 0 radical (unpaired) electrons. The second-order valence-electron chi connectivity index (χ2n) is 4.53. The molecule has 18 heavy (non-hydrogen) atoms. The van der Waals surface area contributed by atoms with Gasteiger partial charge < -0.3 is 5.73 Å². The summed E-state index contributed by atoms with van der Waals surface area (Å²) in [5.74, 6) is 0. The van der Waals surface area contributed by atoms with E-state index >= 15 is 0 Å². The molecular weight excluding hydrogens is 242 g/mol. The minimum absolute atomic E-state index is 0.116. The first-order chi connectivity index (χ1) is 8.63. The fraction of sp³-hybridized carbons (Fsp3) is 0.250. The molecule has 0 heterocycles. The molecule has 2 aromatic carbocycles. The molecule has 0 aliphatic heterocycles. The van der Waals surface area contributed by atoms with E-state index < -0.39 is 0 Å². The average Bonchev–Trinajstić information content (AvgIpc) is 2.41. The van der Waals surface area contributed by atoms with Crippen LogP contribution in [0.2, 0.25) is 5.02 Å². The van der Waals surface area contributed by atoms with Crippen LogP contribution >= 0.6 is 11.6 Å². The van der Waals surface area contributed by atoms with Crippen molar-refractivity contribution in [3.63, 3.8) is 0 Å². The van der Waals surface area contributed by atoms with Crippen LogP contribution < -0.4 is 5.73 Å². The average molecular weight is 260 g/mol. The maximum Gasteiger partial charge on any atom is 0.0554 e. The molecule has 2 N–H and O–H groups in total. The number of rotatable bonds is 3. The molecule has 0 bridgehead atoms. The van der Waals surface area contributed by atoms with Gasteiger partial charge in [0.1, 0.15) is 0 Å². The zero-order valence-corrected chi connectivity index (χ0v) is 11.5. The van der Waals surface area contributed by atoms with Crippen LogP contribution in [0.25, 0.3) is 0 Å². The topological polar surface area (TPSA) is 26.0 Å². The van der Waals surface area contributed by atoms with E-state index in [1.54, 1.807) is 0 Å². The van der Waals surface area contributed by atoms with Crippen LogP contribution in [-0.2, 0) is 6.42 Å². The van der Waals surface area contributed by atoms with Crippen molar-refractivity contribution in [3.8, 4) is 0 Å². The molecule has 2 rings (SSSR count). The molecule has 1 unspecified atom stereocenters. The maximum absolute atomic E-state index is 6.35. The fourth-order valence-electron chi connectivity index (χ4n) is 2.15. The summed E-state index contributed by atoms with van der Waals surface area (Å²) in [5, 5.41) is 0.773. The monoisotopic (exact) mass is 259 g/mol. The highest BCUT2D eigenvalue weighted by atomic mass is 35.5. The van der Waals surface area contributed by atoms with Gasteiger partial charge in [0, 0.05) is 5.02 Å². The maximum atomic E-state index is 6.35. The first-order valence-corrected chi connectivity index (χ1v) is 6.60. The predicted molar refractivity (Wildman–Crippen MR) is 78.0 cm³/mol. The Morgan fingerprint density at radius 1 is 1.17 bits per heavy atom. The van der Waals surface area contributed by atoms with Crippen LogP contribution in [0.5, 0.6) is 0 Å². The van der Waals surface area contributed by atoms with Crippen molar-refractivity contribution >= 4 is 11.6 Å². The first-order valence-electron chi connectivity index (χ1n) is 6.23. The summed E-state index contributed by atoms with van der Waals surface area (Å²) >= 11 is 6.15. The first kappa shape index (κ1) is 13.1. The summed E-state index contributed by atoms with van der Waals surface area (Å²) in [4.78, 5) is 0. The highest BCUT2D eigenvalue weighted by molar-refractivity contribution is 6.31. The van der Waals surface area contributed by atoms with Crippen LogP contribution in [-0.4, -0.2) is 0 Å². The molecule has 94 valence electrons. The molecule has 1 nitrogen and oxygen atoms in total. The highest BCUT2D eigenvalue weighted by Crippen LogP contribution is 2.27. The summed E-state index contributed by atoms with van der Waals surface area (Å²) in [5.41, 5.74) is 11.0. The lowest BCUT2D eigenvalue weighted by molar-refractivity contribution is 0.858. The Kier molecular flexibility index (Phi) is 4.05. The number of hydrogen-bond acceptors (Lipinski definition) is 1.